The van der Waals surface area contributed by atoms with Gasteiger partial charge in [-0.2, -0.15) is 0 Å². The number of hydrogen-bond donors (Lipinski definition) is 0. The fraction of sp³-hybridized carbons (Fsp3) is 0.333. The van der Waals surface area contributed by atoms with Crippen LogP contribution in [-0.2, 0) is 19.1 Å². The van der Waals surface area contributed by atoms with Gasteiger partial charge in [0.15, 0.2) is 0 Å². The minimum atomic E-state index is -0.429. The summed E-state index contributed by atoms with van der Waals surface area (Å²) in [6, 6.07) is 15.1. The molecule has 1 unspecified atom stereocenters. The highest BCUT2D eigenvalue weighted by molar-refractivity contribution is 5.87. The van der Waals surface area contributed by atoms with E-state index in [1.165, 1.54) is 13.2 Å². The van der Waals surface area contributed by atoms with Crippen molar-refractivity contribution in [3.05, 3.63) is 77.9 Å². The SMILES string of the molecule is C=C(C)C(=O)OCC(COc1ccc(C=CC(=O)OC)cc1)c1ccc(OCCCC)cc1. The van der Waals surface area contributed by atoms with Gasteiger partial charge in [0.05, 0.1) is 26.2 Å². The molecule has 2 aromatic carbocycles. The molecule has 33 heavy (non-hydrogen) atoms. The first kappa shape index (κ1) is 25.7. The Morgan fingerprint density at radius 1 is 0.970 bits per heavy atom. The largest absolute Gasteiger partial charge is 0.494 e. The average molecular weight is 453 g/mol. The molecule has 0 amide bonds. The van der Waals surface area contributed by atoms with Crippen LogP contribution in [0, 0.1) is 0 Å². The van der Waals surface area contributed by atoms with Crippen molar-refractivity contribution in [1.82, 2.24) is 0 Å². The van der Waals surface area contributed by atoms with Gasteiger partial charge in [0.2, 0.25) is 0 Å². The van der Waals surface area contributed by atoms with Crippen LogP contribution >= 0.6 is 0 Å². The molecule has 0 fully saturated rings. The highest BCUT2D eigenvalue weighted by Gasteiger charge is 2.16. The zero-order chi connectivity index (χ0) is 24.1. The number of esters is 2. The average Bonchev–Trinajstić information content (AvgIpc) is 2.83. The number of carbonyl (C=O) groups is 2. The van der Waals surface area contributed by atoms with Gasteiger partial charge in [0.1, 0.15) is 18.1 Å². The van der Waals surface area contributed by atoms with Crippen molar-refractivity contribution < 1.29 is 28.5 Å². The fourth-order valence-corrected chi connectivity index (χ4v) is 2.81. The van der Waals surface area contributed by atoms with Crippen LogP contribution in [-0.4, -0.2) is 38.9 Å². The van der Waals surface area contributed by atoms with E-state index in [-0.39, 0.29) is 12.5 Å². The second-order valence-corrected chi connectivity index (χ2v) is 7.58. The molecule has 0 aliphatic heterocycles. The highest BCUT2D eigenvalue weighted by atomic mass is 16.5. The van der Waals surface area contributed by atoms with Crippen LogP contribution in [0.2, 0.25) is 0 Å². The van der Waals surface area contributed by atoms with Crippen molar-refractivity contribution in [2.45, 2.75) is 32.6 Å². The Bertz CT molecular complexity index is 928. The fourth-order valence-electron chi connectivity index (χ4n) is 2.81. The van der Waals surface area contributed by atoms with E-state index in [0.717, 1.165) is 29.7 Å². The molecule has 0 spiro atoms. The first-order chi connectivity index (χ1) is 15.9. The van der Waals surface area contributed by atoms with Gasteiger partial charge >= 0.3 is 11.9 Å². The first-order valence-corrected chi connectivity index (χ1v) is 11.0. The van der Waals surface area contributed by atoms with Crippen LogP contribution in [0.4, 0.5) is 0 Å². The molecule has 0 bridgehead atoms. The normalized spacial score (nSPS) is 11.6. The maximum atomic E-state index is 11.9. The van der Waals surface area contributed by atoms with E-state index < -0.39 is 11.9 Å². The van der Waals surface area contributed by atoms with Crippen LogP contribution in [0.25, 0.3) is 6.08 Å². The van der Waals surface area contributed by atoms with Gasteiger partial charge in [0, 0.05) is 11.6 Å². The molecule has 0 aliphatic carbocycles. The number of hydrogen-bond acceptors (Lipinski definition) is 6. The van der Waals surface area contributed by atoms with Gasteiger partial charge in [-0.25, -0.2) is 9.59 Å². The molecular formula is C27H32O6. The molecule has 0 saturated heterocycles. The molecule has 2 rings (SSSR count). The van der Waals surface area contributed by atoms with Crippen molar-refractivity contribution in [2.75, 3.05) is 26.9 Å². The molecule has 0 heterocycles. The molecule has 1 atom stereocenters. The van der Waals surface area contributed by atoms with E-state index in [0.29, 0.717) is 24.5 Å². The van der Waals surface area contributed by atoms with Crippen molar-refractivity contribution in [3.63, 3.8) is 0 Å². The lowest BCUT2D eigenvalue weighted by Crippen LogP contribution is -2.19. The van der Waals surface area contributed by atoms with Gasteiger partial charge in [0.25, 0.3) is 0 Å². The smallest absolute Gasteiger partial charge is 0.333 e. The molecule has 0 aliphatic rings. The Morgan fingerprint density at radius 2 is 1.61 bits per heavy atom. The summed E-state index contributed by atoms with van der Waals surface area (Å²) in [6.45, 7) is 8.54. The van der Waals surface area contributed by atoms with Crippen LogP contribution in [0.1, 0.15) is 43.7 Å². The summed E-state index contributed by atoms with van der Waals surface area (Å²) in [4.78, 5) is 23.1. The van der Waals surface area contributed by atoms with E-state index in [9.17, 15) is 9.59 Å². The Labute approximate surface area is 195 Å². The minimum Gasteiger partial charge on any atom is -0.494 e. The summed E-state index contributed by atoms with van der Waals surface area (Å²) >= 11 is 0. The number of methoxy groups -OCH3 is 1. The summed E-state index contributed by atoms with van der Waals surface area (Å²) in [5, 5.41) is 0. The summed E-state index contributed by atoms with van der Waals surface area (Å²) in [6.07, 6.45) is 5.11. The Morgan fingerprint density at radius 3 is 2.21 bits per heavy atom. The molecule has 176 valence electrons. The van der Waals surface area contributed by atoms with Crippen LogP contribution in [0.5, 0.6) is 11.5 Å². The van der Waals surface area contributed by atoms with Gasteiger partial charge in [-0.15, -0.1) is 0 Å². The highest BCUT2D eigenvalue weighted by Crippen LogP contribution is 2.23. The summed E-state index contributed by atoms with van der Waals surface area (Å²) in [5.41, 5.74) is 2.17. The second kappa shape index (κ2) is 13.8. The Kier molecular flexibility index (Phi) is 10.7. The number of ether oxygens (including phenoxy) is 4. The third-order valence-corrected chi connectivity index (χ3v) is 4.83. The topological polar surface area (TPSA) is 71.1 Å². The number of unbranched alkanes of at least 4 members (excludes halogenated alkanes) is 1. The Balaban J connectivity index is 2.04. The van der Waals surface area contributed by atoms with E-state index in [4.69, 9.17) is 14.2 Å². The molecular weight excluding hydrogens is 420 g/mol. The molecule has 0 saturated carbocycles. The van der Waals surface area contributed by atoms with Gasteiger partial charge < -0.3 is 18.9 Å². The predicted molar refractivity (Wildman–Crippen MR) is 128 cm³/mol. The summed E-state index contributed by atoms with van der Waals surface area (Å²) < 4.78 is 21.7. The lowest BCUT2D eigenvalue weighted by Gasteiger charge is -2.19. The van der Waals surface area contributed by atoms with Crippen LogP contribution in [0.15, 0.2) is 66.8 Å². The Hall–Kier alpha value is -3.54. The maximum absolute atomic E-state index is 11.9. The van der Waals surface area contributed by atoms with Gasteiger partial charge in [-0.1, -0.05) is 44.2 Å². The van der Waals surface area contributed by atoms with E-state index in [1.807, 2.05) is 48.5 Å². The van der Waals surface area contributed by atoms with E-state index in [2.05, 4.69) is 18.2 Å². The summed E-state index contributed by atoms with van der Waals surface area (Å²) in [7, 11) is 1.33. The number of benzene rings is 2. The predicted octanol–water partition coefficient (Wildman–Crippen LogP) is 5.33. The minimum absolute atomic E-state index is 0.168. The molecule has 6 nitrogen and oxygen atoms in total. The first-order valence-electron chi connectivity index (χ1n) is 11.0. The zero-order valence-electron chi connectivity index (χ0n) is 19.5. The molecule has 2 aromatic rings. The molecule has 0 aromatic heterocycles. The molecule has 6 heteroatoms. The van der Waals surface area contributed by atoms with Crippen LogP contribution in [0.3, 0.4) is 0 Å². The van der Waals surface area contributed by atoms with Crippen molar-refractivity contribution in [2.24, 2.45) is 0 Å². The van der Waals surface area contributed by atoms with E-state index >= 15 is 0 Å². The molecule has 0 N–H and O–H groups in total. The van der Waals surface area contributed by atoms with E-state index in [1.54, 1.807) is 13.0 Å². The standard InChI is InChI=1S/C27H32O6/c1-5-6-17-31-24-14-10-22(11-15-24)23(19-33-27(29)20(2)3)18-32-25-12-7-21(8-13-25)9-16-26(28)30-4/h7-16,23H,2,5-6,17-19H2,1,3-4H3. The number of carbonyl (C=O) groups excluding carboxylic acids is 2. The number of rotatable bonds is 13. The quantitative estimate of drug-likeness (QED) is 0.232. The van der Waals surface area contributed by atoms with Crippen molar-refractivity contribution >= 4 is 18.0 Å². The molecule has 0 radical (unpaired) electrons. The zero-order valence-corrected chi connectivity index (χ0v) is 19.5. The monoisotopic (exact) mass is 452 g/mol. The summed E-state index contributed by atoms with van der Waals surface area (Å²) in [5.74, 6) is 0.463. The third-order valence-electron chi connectivity index (χ3n) is 4.83. The van der Waals surface area contributed by atoms with Gasteiger partial charge in [-0.3, -0.25) is 0 Å². The third kappa shape index (κ3) is 9.23. The maximum Gasteiger partial charge on any atom is 0.333 e. The lowest BCUT2D eigenvalue weighted by atomic mass is 10.0. The second-order valence-electron chi connectivity index (χ2n) is 7.58. The lowest BCUT2D eigenvalue weighted by molar-refractivity contribution is -0.139. The van der Waals surface area contributed by atoms with Gasteiger partial charge in [-0.05, 0) is 54.8 Å². The van der Waals surface area contributed by atoms with Crippen LogP contribution < -0.4 is 9.47 Å². The van der Waals surface area contributed by atoms with Crippen molar-refractivity contribution in [1.29, 1.82) is 0 Å². The van der Waals surface area contributed by atoms with Crippen molar-refractivity contribution in [3.8, 4) is 11.5 Å².